The van der Waals surface area contributed by atoms with Crippen molar-refractivity contribution in [3.63, 3.8) is 0 Å². The average Bonchev–Trinajstić information content (AvgIpc) is 3.28. The first-order valence-corrected chi connectivity index (χ1v) is 9.80. The number of carbonyl (C=O) groups excluding carboxylic acids is 1. The predicted octanol–water partition coefficient (Wildman–Crippen LogP) is 4.49. The van der Waals surface area contributed by atoms with Crippen LogP contribution in [-0.2, 0) is 4.79 Å². The van der Waals surface area contributed by atoms with Gasteiger partial charge in [-0.1, -0.05) is 18.2 Å². The number of methoxy groups -OCH3 is 1. The minimum absolute atomic E-state index is 0.0382. The largest absolute Gasteiger partial charge is 0.497 e. The third-order valence-electron chi connectivity index (χ3n) is 4.73. The summed E-state index contributed by atoms with van der Waals surface area (Å²) >= 11 is 0. The van der Waals surface area contributed by atoms with Crippen molar-refractivity contribution in [1.29, 1.82) is 5.26 Å². The number of ether oxygens (including phenoxy) is 1. The van der Waals surface area contributed by atoms with Crippen LogP contribution < -0.4 is 10.1 Å². The Morgan fingerprint density at radius 1 is 1.06 bits per heavy atom. The molecule has 0 unspecified atom stereocenters. The zero-order valence-corrected chi connectivity index (χ0v) is 17.3. The number of hydrogen-bond donors (Lipinski definition) is 1. The molecular formula is C25H19N5O2. The fraction of sp³-hybridized carbons (Fsp3) is 0.0400. The molecule has 0 saturated carbocycles. The van der Waals surface area contributed by atoms with Crippen LogP contribution in [0.3, 0.4) is 0 Å². The fourth-order valence-corrected chi connectivity index (χ4v) is 3.12. The smallest absolute Gasteiger partial charge is 0.266 e. The van der Waals surface area contributed by atoms with Crippen molar-refractivity contribution in [3.8, 4) is 28.8 Å². The average molecular weight is 421 g/mol. The van der Waals surface area contributed by atoms with Gasteiger partial charge in [0.1, 0.15) is 23.1 Å². The van der Waals surface area contributed by atoms with Crippen LogP contribution in [0, 0.1) is 11.3 Å². The van der Waals surface area contributed by atoms with Gasteiger partial charge in [0, 0.05) is 35.4 Å². The maximum Gasteiger partial charge on any atom is 0.266 e. The lowest BCUT2D eigenvalue weighted by Gasteiger charge is -2.05. The van der Waals surface area contributed by atoms with E-state index in [-0.39, 0.29) is 5.57 Å². The van der Waals surface area contributed by atoms with Crippen LogP contribution in [0.4, 0.5) is 5.69 Å². The lowest BCUT2D eigenvalue weighted by molar-refractivity contribution is -0.112. The number of carbonyl (C=O) groups is 1. The monoisotopic (exact) mass is 421 g/mol. The summed E-state index contributed by atoms with van der Waals surface area (Å²) < 4.78 is 6.85. The van der Waals surface area contributed by atoms with Crippen LogP contribution in [-0.4, -0.2) is 27.8 Å². The van der Waals surface area contributed by atoms with Gasteiger partial charge in [0.15, 0.2) is 0 Å². The summed E-state index contributed by atoms with van der Waals surface area (Å²) in [6.45, 7) is 0. The number of aromatic nitrogens is 3. The Morgan fingerprint density at radius 3 is 2.44 bits per heavy atom. The summed E-state index contributed by atoms with van der Waals surface area (Å²) in [7, 11) is 1.57. The Labute approximate surface area is 185 Å². The van der Waals surface area contributed by atoms with Crippen molar-refractivity contribution in [2.24, 2.45) is 0 Å². The van der Waals surface area contributed by atoms with E-state index in [1.807, 2.05) is 48.5 Å². The molecule has 4 rings (SSSR count). The van der Waals surface area contributed by atoms with Crippen LogP contribution in [0.25, 0.3) is 23.0 Å². The second kappa shape index (κ2) is 9.41. The molecule has 2 heterocycles. The van der Waals surface area contributed by atoms with E-state index in [0.717, 1.165) is 11.3 Å². The molecule has 2 aromatic carbocycles. The van der Waals surface area contributed by atoms with Gasteiger partial charge in [-0.2, -0.15) is 10.4 Å². The summed E-state index contributed by atoms with van der Waals surface area (Å²) in [6, 6.07) is 22.2. The lowest BCUT2D eigenvalue weighted by atomic mass is 10.1. The van der Waals surface area contributed by atoms with E-state index in [1.165, 1.54) is 0 Å². The van der Waals surface area contributed by atoms with Crippen LogP contribution in [0.2, 0.25) is 0 Å². The van der Waals surface area contributed by atoms with Crippen molar-refractivity contribution in [3.05, 3.63) is 96.5 Å². The first kappa shape index (κ1) is 20.6. The molecule has 7 nitrogen and oxygen atoms in total. The van der Waals surface area contributed by atoms with Gasteiger partial charge in [0.05, 0.1) is 12.8 Å². The van der Waals surface area contributed by atoms with Gasteiger partial charge in [0.25, 0.3) is 5.91 Å². The predicted molar refractivity (Wildman–Crippen MR) is 122 cm³/mol. The van der Waals surface area contributed by atoms with Gasteiger partial charge in [-0.15, -0.1) is 0 Å². The van der Waals surface area contributed by atoms with Crippen LogP contribution >= 0.6 is 0 Å². The highest BCUT2D eigenvalue weighted by Crippen LogP contribution is 2.25. The number of nitrogens with zero attached hydrogens (tertiary/aromatic N) is 4. The highest BCUT2D eigenvalue weighted by molar-refractivity contribution is 6.10. The fourth-order valence-electron chi connectivity index (χ4n) is 3.12. The molecule has 0 aliphatic rings. The topological polar surface area (TPSA) is 92.8 Å². The molecule has 1 amide bonds. The molecule has 0 aliphatic heterocycles. The third kappa shape index (κ3) is 4.55. The highest BCUT2D eigenvalue weighted by Gasteiger charge is 2.15. The van der Waals surface area contributed by atoms with E-state index in [0.29, 0.717) is 22.7 Å². The molecular weight excluding hydrogens is 402 g/mol. The molecule has 0 radical (unpaired) electrons. The number of nitriles is 1. The summed E-state index contributed by atoms with van der Waals surface area (Å²) in [5, 5.41) is 17.1. The minimum Gasteiger partial charge on any atom is -0.497 e. The molecule has 32 heavy (non-hydrogen) atoms. The molecule has 4 aromatic rings. The Hall–Kier alpha value is -4.70. The van der Waals surface area contributed by atoms with Gasteiger partial charge < -0.3 is 10.1 Å². The first-order chi connectivity index (χ1) is 15.7. The standard InChI is InChI=1S/C25H19N5O2/c1-32-23-9-7-21(8-10-23)28-25(31)19(16-26)15-20-17-30(22-5-3-2-4-6-22)29-24(20)18-11-13-27-14-12-18/h2-15,17H,1H3,(H,28,31). The number of para-hydroxylation sites is 1. The van der Waals surface area contributed by atoms with Gasteiger partial charge in [-0.25, -0.2) is 4.68 Å². The van der Waals surface area contributed by atoms with Crippen molar-refractivity contribution in [2.75, 3.05) is 12.4 Å². The molecule has 0 atom stereocenters. The SMILES string of the molecule is COc1ccc(NC(=O)C(C#N)=Cc2cn(-c3ccccc3)nc2-c2ccncc2)cc1. The molecule has 7 heteroatoms. The molecule has 0 aliphatic carbocycles. The van der Waals surface area contributed by atoms with Crippen molar-refractivity contribution in [2.45, 2.75) is 0 Å². The molecule has 0 bridgehead atoms. The van der Waals surface area contributed by atoms with E-state index >= 15 is 0 Å². The molecule has 2 aromatic heterocycles. The maximum atomic E-state index is 12.8. The molecule has 0 spiro atoms. The number of anilines is 1. The van der Waals surface area contributed by atoms with Crippen molar-refractivity contribution in [1.82, 2.24) is 14.8 Å². The summed E-state index contributed by atoms with van der Waals surface area (Å²) in [4.78, 5) is 16.8. The summed E-state index contributed by atoms with van der Waals surface area (Å²) in [5.41, 5.74) is 3.50. The summed E-state index contributed by atoms with van der Waals surface area (Å²) in [5.74, 6) is 0.167. The van der Waals surface area contributed by atoms with Crippen LogP contribution in [0.5, 0.6) is 5.75 Å². The van der Waals surface area contributed by atoms with E-state index in [9.17, 15) is 10.1 Å². The van der Waals surface area contributed by atoms with Gasteiger partial charge >= 0.3 is 0 Å². The number of pyridine rings is 1. The summed E-state index contributed by atoms with van der Waals surface area (Å²) in [6.07, 6.45) is 6.68. The van der Waals surface area contributed by atoms with Crippen LogP contribution in [0.1, 0.15) is 5.56 Å². The zero-order chi connectivity index (χ0) is 22.3. The molecule has 0 saturated heterocycles. The van der Waals surface area contributed by atoms with Crippen molar-refractivity contribution >= 4 is 17.7 Å². The Bertz CT molecular complexity index is 1290. The van der Waals surface area contributed by atoms with Gasteiger partial charge in [-0.05, 0) is 54.6 Å². The molecule has 1 N–H and O–H groups in total. The van der Waals surface area contributed by atoms with Gasteiger partial charge in [0.2, 0.25) is 0 Å². The van der Waals surface area contributed by atoms with Crippen molar-refractivity contribution < 1.29 is 9.53 Å². The van der Waals surface area contributed by atoms with E-state index in [2.05, 4.69) is 15.4 Å². The molecule has 156 valence electrons. The van der Waals surface area contributed by atoms with E-state index < -0.39 is 5.91 Å². The first-order valence-electron chi connectivity index (χ1n) is 9.80. The minimum atomic E-state index is -0.509. The second-order valence-electron chi connectivity index (χ2n) is 6.80. The molecule has 0 fully saturated rings. The number of benzene rings is 2. The Morgan fingerprint density at radius 2 is 1.78 bits per heavy atom. The number of amides is 1. The normalized spacial score (nSPS) is 10.9. The Balaban J connectivity index is 1.70. The quantitative estimate of drug-likeness (QED) is 0.366. The lowest BCUT2D eigenvalue weighted by Crippen LogP contribution is -2.13. The highest BCUT2D eigenvalue weighted by atomic mass is 16.5. The second-order valence-corrected chi connectivity index (χ2v) is 6.80. The maximum absolute atomic E-state index is 12.8. The van der Waals surface area contributed by atoms with Gasteiger partial charge in [-0.3, -0.25) is 9.78 Å². The number of hydrogen-bond acceptors (Lipinski definition) is 5. The Kier molecular flexibility index (Phi) is 6.05. The third-order valence-corrected chi connectivity index (χ3v) is 4.73. The number of rotatable bonds is 6. The number of nitrogens with one attached hydrogen (secondary N) is 1. The van der Waals surface area contributed by atoms with E-state index in [4.69, 9.17) is 4.74 Å². The zero-order valence-electron chi connectivity index (χ0n) is 17.3. The van der Waals surface area contributed by atoms with E-state index in [1.54, 1.807) is 60.7 Å². The van der Waals surface area contributed by atoms with Crippen LogP contribution in [0.15, 0.2) is 90.9 Å².